The van der Waals surface area contributed by atoms with Gasteiger partial charge in [0.1, 0.15) is 6.07 Å². The molecule has 1 aliphatic rings. The van der Waals surface area contributed by atoms with Crippen molar-refractivity contribution in [1.29, 1.82) is 5.26 Å². The van der Waals surface area contributed by atoms with Gasteiger partial charge in [-0.3, -0.25) is 4.79 Å². The average molecular weight is 210 g/mol. The van der Waals surface area contributed by atoms with Gasteiger partial charge >= 0.3 is 0 Å². The second-order valence-electron chi connectivity index (χ2n) is 3.22. The number of hydrogen-bond donors (Lipinski definition) is 0. The van der Waals surface area contributed by atoms with Crippen LogP contribution in [0.5, 0.6) is 0 Å². The van der Waals surface area contributed by atoms with Crippen molar-refractivity contribution in [3.63, 3.8) is 0 Å². The highest BCUT2D eigenvalue weighted by Gasteiger charge is 2.46. The Morgan fingerprint density at radius 2 is 2.29 bits per heavy atom. The van der Waals surface area contributed by atoms with E-state index in [-0.39, 0.29) is 12.0 Å². The van der Waals surface area contributed by atoms with E-state index in [0.29, 0.717) is 10.6 Å². The monoisotopic (exact) mass is 209 g/mol. The van der Waals surface area contributed by atoms with Gasteiger partial charge in [0, 0.05) is 17.0 Å². The molecule has 0 spiro atoms. The van der Waals surface area contributed by atoms with Crippen LogP contribution < -0.4 is 0 Å². The third-order valence-electron chi connectivity index (χ3n) is 2.29. The van der Waals surface area contributed by atoms with Crippen LogP contribution in [-0.4, -0.2) is 11.5 Å². The lowest BCUT2D eigenvalue weighted by Crippen LogP contribution is -2.27. The Balaban J connectivity index is 2.58. The van der Waals surface area contributed by atoms with Crippen LogP contribution in [0.2, 0.25) is 5.02 Å². The molecule has 0 fully saturated rings. The Kier molecular flexibility index (Phi) is 1.83. The van der Waals surface area contributed by atoms with E-state index in [4.69, 9.17) is 16.9 Å². The number of benzene rings is 1. The van der Waals surface area contributed by atoms with Crippen LogP contribution in [0.4, 0.5) is 4.39 Å². The second kappa shape index (κ2) is 2.79. The topological polar surface area (TPSA) is 40.9 Å². The molecule has 4 heteroatoms. The number of halogens is 2. The number of carbonyl (C=O) groups is 1. The highest BCUT2D eigenvalue weighted by Crippen LogP contribution is 2.33. The van der Waals surface area contributed by atoms with Crippen molar-refractivity contribution in [2.24, 2.45) is 0 Å². The Bertz CT molecular complexity index is 466. The number of alkyl halides is 1. The maximum absolute atomic E-state index is 13.6. The number of nitrogens with zero attached hydrogens (tertiary/aromatic N) is 1. The van der Waals surface area contributed by atoms with Gasteiger partial charge in [0.2, 0.25) is 5.78 Å². The van der Waals surface area contributed by atoms with E-state index in [1.165, 1.54) is 12.1 Å². The standard InChI is InChI=1S/C10H5ClFNO/c11-7-2-1-6-4-10(12,5-13)9(14)8(6)3-7/h1-3H,4H2. The quantitative estimate of drug-likeness (QED) is 0.658. The van der Waals surface area contributed by atoms with Crippen molar-refractivity contribution >= 4 is 17.4 Å². The van der Waals surface area contributed by atoms with E-state index >= 15 is 0 Å². The van der Waals surface area contributed by atoms with Crippen molar-refractivity contribution in [2.45, 2.75) is 12.1 Å². The molecule has 0 saturated heterocycles. The first-order chi connectivity index (χ1) is 6.57. The molecular weight excluding hydrogens is 205 g/mol. The van der Waals surface area contributed by atoms with Gasteiger partial charge in [0.05, 0.1) is 0 Å². The molecule has 0 radical (unpaired) electrons. The third kappa shape index (κ3) is 1.11. The summed E-state index contributed by atoms with van der Waals surface area (Å²) in [4.78, 5) is 11.4. The molecule has 0 amide bonds. The lowest BCUT2D eigenvalue weighted by atomic mass is 10.0. The summed E-state index contributed by atoms with van der Waals surface area (Å²) < 4.78 is 13.6. The third-order valence-corrected chi connectivity index (χ3v) is 2.52. The van der Waals surface area contributed by atoms with E-state index in [1.807, 2.05) is 0 Å². The zero-order chi connectivity index (χ0) is 10.3. The number of ketones is 1. The zero-order valence-corrected chi connectivity index (χ0v) is 7.81. The smallest absolute Gasteiger partial charge is 0.261 e. The predicted octanol–water partition coefficient (Wildman–Crippen LogP) is 2.31. The summed E-state index contributed by atoms with van der Waals surface area (Å²) in [6, 6.07) is 5.96. The summed E-state index contributed by atoms with van der Waals surface area (Å²) in [5, 5.41) is 8.93. The van der Waals surface area contributed by atoms with Gasteiger partial charge in [0.15, 0.2) is 0 Å². The molecule has 2 rings (SSSR count). The summed E-state index contributed by atoms with van der Waals surface area (Å²) in [6.45, 7) is 0. The van der Waals surface area contributed by atoms with Gasteiger partial charge in [-0.2, -0.15) is 5.26 Å². The Morgan fingerprint density at radius 1 is 1.57 bits per heavy atom. The van der Waals surface area contributed by atoms with E-state index in [0.717, 1.165) is 0 Å². The highest BCUT2D eigenvalue weighted by molar-refractivity contribution is 6.31. The molecule has 1 unspecified atom stereocenters. The molecule has 0 aromatic heterocycles. The molecule has 1 aromatic rings. The van der Waals surface area contributed by atoms with E-state index in [1.54, 1.807) is 12.1 Å². The lowest BCUT2D eigenvalue weighted by Gasteiger charge is -2.04. The van der Waals surface area contributed by atoms with Crippen LogP contribution in [0.1, 0.15) is 15.9 Å². The number of nitriles is 1. The zero-order valence-electron chi connectivity index (χ0n) is 7.05. The van der Waals surface area contributed by atoms with Crippen molar-refractivity contribution in [1.82, 2.24) is 0 Å². The van der Waals surface area contributed by atoms with Crippen LogP contribution in [0, 0.1) is 11.3 Å². The van der Waals surface area contributed by atoms with Crippen LogP contribution in [-0.2, 0) is 6.42 Å². The van der Waals surface area contributed by atoms with Crippen molar-refractivity contribution in [2.75, 3.05) is 0 Å². The van der Waals surface area contributed by atoms with Gasteiger partial charge in [-0.15, -0.1) is 0 Å². The van der Waals surface area contributed by atoms with E-state index in [2.05, 4.69) is 0 Å². The van der Waals surface area contributed by atoms with Gasteiger partial charge in [-0.25, -0.2) is 4.39 Å². The molecule has 2 nitrogen and oxygen atoms in total. The van der Waals surface area contributed by atoms with E-state index < -0.39 is 11.5 Å². The first-order valence-electron chi connectivity index (χ1n) is 4.00. The molecule has 1 aromatic carbocycles. The molecule has 1 aliphatic carbocycles. The predicted molar refractivity (Wildman–Crippen MR) is 48.9 cm³/mol. The summed E-state index contributed by atoms with van der Waals surface area (Å²) in [6.07, 6.45) is -0.172. The SMILES string of the molecule is N#CC1(F)Cc2ccc(Cl)cc2C1=O. The summed E-state index contributed by atoms with van der Waals surface area (Å²) in [7, 11) is 0. The maximum Gasteiger partial charge on any atom is 0.261 e. The van der Waals surface area contributed by atoms with Crippen LogP contribution >= 0.6 is 11.6 Å². The molecule has 0 heterocycles. The molecule has 0 saturated carbocycles. The summed E-state index contributed by atoms with van der Waals surface area (Å²) in [5.41, 5.74) is -1.63. The minimum Gasteiger partial charge on any atom is -0.289 e. The largest absolute Gasteiger partial charge is 0.289 e. The average Bonchev–Trinajstić information content (AvgIpc) is 2.42. The maximum atomic E-state index is 13.6. The van der Waals surface area contributed by atoms with Crippen molar-refractivity contribution in [3.8, 4) is 6.07 Å². The Labute approximate surface area is 84.9 Å². The number of rotatable bonds is 0. The number of Topliss-reactive ketones (excluding diaryl/α,β-unsaturated/α-hetero) is 1. The number of carbonyl (C=O) groups excluding carboxylic acids is 1. The van der Waals surface area contributed by atoms with Gasteiger partial charge in [-0.1, -0.05) is 17.7 Å². The van der Waals surface area contributed by atoms with Crippen LogP contribution in [0.25, 0.3) is 0 Å². The second-order valence-corrected chi connectivity index (χ2v) is 3.66. The summed E-state index contributed by atoms with van der Waals surface area (Å²) >= 11 is 5.67. The molecule has 0 aliphatic heterocycles. The van der Waals surface area contributed by atoms with Crippen LogP contribution in [0.3, 0.4) is 0 Å². The fourth-order valence-electron chi connectivity index (χ4n) is 1.56. The number of hydrogen-bond acceptors (Lipinski definition) is 2. The van der Waals surface area contributed by atoms with E-state index in [9.17, 15) is 9.18 Å². The first-order valence-corrected chi connectivity index (χ1v) is 4.38. The fourth-order valence-corrected chi connectivity index (χ4v) is 1.73. The lowest BCUT2D eigenvalue weighted by molar-refractivity contribution is 0.0820. The minimum absolute atomic E-state index is 0.172. The molecule has 0 bridgehead atoms. The normalized spacial score (nSPS) is 24.5. The minimum atomic E-state index is -2.40. The van der Waals surface area contributed by atoms with Gasteiger partial charge in [-0.05, 0) is 17.7 Å². The fraction of sp³-hybridized carbons (Fsp3) is 0.200. The highest BCUT2D eigenvalue weighted by atomic mass is 35.5. The molecule has 14 heavy (non-hydrogen) atoms. The van der Waals surface area contributed by atoms with Crippen LogP contribution in [0.15, 0.2) is 18.2 Å². The molecule has 70 valence electrons. The van der Waals surface area contributed by atoms with Crippen molar-refractivity contribution < 1.29 is 9.18 Å². The Hall–Kier alpha value is -1.40. The number of fused-ring (bicyclic) bond motifs is 1. The molecule has 1 atom stereocenters. The van der Waals surface area contributed by atoms with Gasteiger partial charge in [0.25, 0.3) is 5.67 Å². The Morgan fingerprint density at radius 3 is 2.93 bits per heavy atom. The molecule has 0 N–H and O–H groups in total. The van der Waals surface area contributed by atoms with Gasteiger partial charge < -0.3 is 0 Å². The summed E-state index contributed by atoms with van der Waals surface area (Å²) in [5.74, 6) is -0.780. The van der Waals surface area contributed by atoms with Crippen molar-refractivity contribution in [3.05, 3.63) is 34.3 Å². The molecular formula is C10H5ClFNO. The first kappa shape index (κ1) is 9.17.